The Morgan fingerprint density at radius 1 is 1.07 bits per heavy atom. The number of amides is 2. The van der Waals surface area contributed by atoms with Crippen LogP contribution in [-0.4, -0.2) is 36.0 Å². The molecule has 0 spiro atoms. The van der Waals surface area contributed by atoms with Crippen LogP contribution in [0.1, 0.15) is 35.7 Å². The number of carboxylic acids is 1. The van der Waals surface area contributed by atoms with Crippen molar-refractivity contribution in [3.05, 3.63) is 59.7 Å². The first-order valence-electron chi connectivity index (χ1n) is 8.48. The highest BCUT2D eigenvalue weighted by Crippen LogP contribution is 2.20. The summed E-state index contributed by atoms with van der Waals surface area (Å²) in [6.45, 7) is 3.57. The van der Waals surface area contributed by atoms with Gasteiger partial charge in [0.2, 0.25) is 0 Å². The normalized spacial score (nSPS) is 10.3. The number of aliphatic carboxylic acids is 1. The summed E-state index contributed by atoms with van der Waals surface area (Å²) >= 11 is 0. The molecule has 2 aromatic rings. The quantitative estimate of drug-likeness (QED) is 0.663. The van der Waals surface area contributed by atoms with E-state index in [2.05, 4.69) is 24.5 Å². The van der Waals surface area contributed by atoms with Gasteiger partial charge in [0.15, 0.2) is 6.61 Å². The summed E-state index contributed by atoms with van der Waals surface area (Å²) in [6, 6.07) is 13.7. The molecule has 142 valence electrons. The molecule has 0 unspecified atom stereocenters. The molecule has 3 N–H and O–H groups in total. The van der Waals surface area contributed by atoms with Crippen molar-refractivity contribution in [1.29, 1.82) is 0 Å². The molecule has 27 heavy (non-hydrogen) atoms. The number of ether oxygens (including phenoxy) is 1. The molecule has 0 atom stereocenters. The van der Waals surface area contributed by atoms with Crippen molar-refractivity contribution >= 4 is 23.5 Å². The Morgan fingerprint density at radius 2 is 1.78 bits per heavy atom. The van der Waals surface area contributed by atoms with Gasteiger partial charge in [-0.1, -0.05) is 26.0 Å². The van der Waals surface area contributed by atoms with E-state index in [1.165, 1.54) is 12.1 Å². The van der Waals surface area contributed by atoms with E-state index in [-0.39, 0.29) is 12.5 Å². The van der Waals surface area contributed by atoms with Crippen molar-refractivity contribution in [2.24, 2.45) is 0 Å². The molecule has 0 saturated carbocycles. The van der Waals surface area contributed by atoms with Crippen LogP contribution in [0.5, 0.6) is 5.75 Å². The van der Waals surface area contributed by atoms with Gasteiger partial charge in [0, 0.05) is 11.3 Å². The first-order valence-corrected chi connectivity index (χ1v) is 8.48. The van der Waals surface area contributed by atoms with Crippen LogP contribution in [0, 0.1) is 0 Å². The second-order valence-corrected chi connectivity index (χ2v) is 6.22. The van der Waals surface area contributed by atoms with Crippen molar-refractivity contribution < 1.29 is 24.2 Å². The molecule has 0 heterocycles. The number of hydrogen-bond donors (Lipinski definition) is 3. The summed E-state index contributed by atoms with van der Waals surface area (Å²) in [5.74, 6) is -0.946. The highest BCUT2D eigenvalue weighted by Gasteiger charge is 2.09. The standard InChI is InChI=1S/C20H22N2O5/c1-13(2)15-4-3-5-17(10-15)27-12-18(23)22-16-8-6-14(7-9-16)20(26)21-11-19(24)25/h3-10,13H,11-12H2,1-2H3,(H,21,26)(H,22,23)(H,24,25). The van der Waals surface area contributed by atoms with Crippen LogP contribution in [0.15, 0.2) is 48.5 Å². The number of carboxylic acid groups (broad SMARTS) is 1. The number of nitrogens with one attached hydrogen (secondary N) is 2. The Morgan fingerprint density at radius 3 is 2.41 bits per heavy atom. The highest BCUT2D eigenvalue weighted by molar-refractivity contribution is 5.97. The first-order chi connectivity index (χ1) is 12.8. The fourth-order valence-electron chi connectivity index (χ4n) is 2.27. The van der Waals surface area contributed by atoms with Gasteiger partial charge in [-0.25, -0.2) is 0 Å². The number of anilines is 1. The molecule has 0 aliphatic rings. The van der Waals surface area contributed by atoms with Gasteiger partial charge in [0.05, 0.1) is 0 Å². The monoisotopic (exact) mass is 370 g/mol. The Labute approximate surface area is 157 Å². The number of carbonyl (C=O) groups is 3. The molecule has 7 heteroatoms. The maximum Gasteiger partial charge on any atom is 0.322 e. The van der Waals surface area contributed by atoms with E-state index < -0.39 is 18.4 Å². The summed E-state index contributed by atoms with van der Waals surface area (Å²) in [6.07, 6.45) is 0. The fraction of sp³-hybridized carbons (Fsp3) is 0.250. The van der Waals surface area contributed by atoms with Gasteiger partial charge in [-0.2, -0.15) is 0 Å². The summed E-state index contributed by atoms with van der Waals surface area (Å²) in [7, 11) is 0. The summed E-state index contributed by atoms with van der Waals surface area (Å²) in [5, 5.41) is 13.5. The Hall–Kier alpha value is -3.35. The minimum absolute atomic E-state index is 0.137. The number of hydrogen-bond acceptors (Lipinski definition) is 4. The second kappa shape index (κ2) is 9.38. The summed E-state index contributed by atoms with van der Waals surface area (Å²) < 4.78 is 5.52. The molecule has 0 radical (unpaired) electrons. The minimum Gasteiger partial charge on any atom is -0.484 e. The number of benzene rings is 2. The lowest BCUT2D eigenvalue weighted by Gasteiger charge is -2.10. The molecule has 0 bridgehead atoms. The lowest BCUT2D eigenvalue weighted by atomic mass is 10.0. The van der Waals surface area contributed by atoms with E-state index in [1.54, 1.807) is 18.2 Å². The van der Waals surface area contributed by atoms with E-state index in [0.717, 1.165) is 5.56 Å². The SMILES string of the molecule is CC(C)c1cccc(OCC(=O)Nc2ccc(C(=O)NCC(=O)O)cc2)c1. The fourth-order valence-corrected chi connectivity index (χ4v) is 2.27. The zero-order chi connectivity index (χ0) is 19.8. The number of rotatable bonds is 8. The van der Waals surface area contributed by atoms with Gasteiger partial charge in [0.25, 0.3) is 11.8 Å². The van der Waals surface area contributed by atoms with E-state index in [4.69, 9.17) is 9.84 Å². The van der Waals surface area contributed by atoms with Crippen molar-refractivity contribution in [3.63, 3.8) is 0 Å². The third kappa shape index (κ3) is 6.47. The van der Waals surface area contributed by atoms with Crippen LogP contribution >= 0.6 is 0 Å². The van der Waals surface area contributed by atoms with Gasteiger partial charge in [0.1, 0.15) is 12.3 Å². The smallest absolute Gasteiger partial charge is 0.322 e. The van der Waals surface area contributed by atoms with Crippen molar-refractivity contribution in [2.45, 2.75) is 19.8 Å². The van der Waals surface area contributed by atoms with Crippen LogP contribution in [0.3, 0.4) is 0 Å². The molecule has 0 aromatic heterocycles. The molecular formula is C20H22N2O5. The first kappa shape index (κ1) is 20.0. The second-order valence-electron chi connectivity index (χ2n) is 6.22. The topological polar surface area (TPSA) is 105 Å². The largest absolute Gasteiger partial charge is 0.484 e. The molecule has 0 saturated heterocycles. The average molecular weight is 370 g/mol. The van der Waals surface area contributed by atoms with Crippen LogP contribution in [0.2, 0.25) is 0 Å². The van der Waals surface area contributed by atoms with Gasteiger partial charge in [-0.05, 0) is 47.9 Å². The zero-order valence-corrected chi connectivity index (χ0v) is 15.2. The molecule has 0 aliphatic carbocycles. The maximum atomic E-state index is 12.0. The molecular weight excluding hydrogens is 348 g/mol. The Kier molecular flexibility index (Phi) is 6.93. The average Bonchev–Trinajstić information content (AvgIpc) is 2.65. The summed E-state index contributed by atoms with van der Waals surface area (Å²) in [5.41, 5.74) is 1.94. The van der Waals surface area contributed by atoms with Gasteiger partial charge < -0.3 is 20.5 Å². The van der Waals surface area contributed by atoms with Gasteiger partial charge >= 0.3 is 5.97 Å². The molecule has 7 nitrogen and oxygen atoms in total. The lowest BCUT2D eigenvalue weighted by Crippen LogP contribution is -2.29. The predicted octanol–water partition coefficient (Wildman–Crippen LogP) is 2.64. The molecule has 2 rings (SSSR count). The zero-order valence-electron chi connectivity index (χ0n) is 15.2. The van der Waals surface area contributed by atoms with Crippen LogP contribution < -0.4 is 15.4 Å². The third-order valence-electron chi connectivity index (χ3n) is 3.73. The Balaban J connectivity index is 1.86. The van der Waals surface area contributed by atoms with E-state index in [1.807, 2.05) is 18.2 Å². The van der Waals surface area contributed by atoms with E-state index in [9.17, 15) is 14.4 Å². The predicted molar refractivity (Wildman–Crippen MR) is 101 cm³/mol. The molecule has 0 aliphatic heterocycles. The van der Waals surface area contributed by atoms with Crippen LogP contribution in [0.25, 0.3) is 0 Å². The van der Waals surface area contributed by atoms with Crippen molar-refractivity contribution in [3.8, 4) is 5.75 Å². The minimum atomic E-state index is -1.12. The third-order valence-corrected chi connectivity index (χ3v) is 3.73. The lowest BCUT2D eigenvalue weighted by molar-refractivity contribution is -0.135. The van der Waals surface area contributed by atoms with E-state index >= 15 is 0 Å². The van der Waals surface area contributed by atoms with Gasteiger partial charge in [-0.15, -0.1) is 0 Å². The van der Waals surface area contributed by atoms with Crippen molar-refractivity contribution in [1.82, 2.24) is 5.32 Å². The summed E-state index contributed by atoms with van der Waals surface area (Å²) in [4.78, 5) is 34.2. The number of carbonyl (C=O) groups excluding carboxylic acids is 2. The highest BCUT2D eigenvalue weighted by atomic mass is 16.5. The molecule has 2 amide bonds. The van der Waals surface area contributed by atoms with Crippen LogP contribution in [-0.2, 0) is 9.59 Å². The molecule has 2 aromatic carbocycles. The van der Waals surface area contributed by atoms with Crippen molar-refractivity contribution in [2.75, 3.05) is 18.5 Å². The van der Waals surface area contributed by atoms with E-state index in [0.29, 0.717) is 22.9 Å². The molecule has 0 fully saturated rings. The van der Waals surface area contributed by atoms with Gasteiger partial charge in [-0.3, -0.25) is 14.4 Å². The maximum absolute atomic E-state index is 12.0. The van der Waals surface area contributed by atoms with Crippen LogP contribution in [0.4, 0.5) is 5.69 Å². The Bertz CT molecular complexity index is 815.